The number of carbonyl (C=O) groups is 2. The molecule has 8 heteroatoms. The molecule has 158 valence electrons. The number of aliphatic hydroxyl groups excluding tert-OH is 1. The number of carbonyl (C=O) groups excluding carboxylic acids is 2. The number of methoxy groups -OCH3 is 2. The smallest absolute Gasteiger partial charge is 0.295 e. The normalized spacial score (nSPS) is 18.1. The van der Waals surface area contributed by atoms with Crippen LogP contribution >= 0.6 is 11.6 Å². The average Bonchev–Trinajstić information content (AvgIpc) is 3.00. The maximum absolute atomic E-state index is 12.9. The molecule has 1 heterocycles. The van der Waals surface area contributed by atoms with E-state index in [9.17, 15) is 19.8 Å². The molecule has 2 N–H and O–H groups in total. The van der Waals surface area contributed by atoms with Gasteiger partial charge in [0.2, 0.25) is 0 Å². The van der Waals surface area contributed by atoms with Crippen molar-refractivity contribution in [2.45, 2.75) is 12.5 Å². The summed E-state index contributed by atoms with van der Waals surface area (Å²) in [5.74, 6) is -1.31. The summed E-state index contributed by atoms with van der Waals surface area (Å²) in [5, 5.41) is 20.8. The number of ether oxygens (including phenoxy) is 2. The molecular weight excluding hydrogens is 410 g/mol. The Bertz CT molecular complexity index is 986. The van der Waals surface area contributed by atoms with Crippen LogP contribution in [-0.4, -0.2) is 54.2 Å². The van der Waals surface area contributed by atoms with Crippen molar-refractivity contribution >= 4 is 29.1 Å². The SMILES string of the molecule is COCCCN1C(=O)C(=O)/C(=C(\O)c2ccc(OC)cc2)C1c1ccc(O)c(Cl)c1. The first-order chi connectivity index (χ1) is 14.4. The number of phenols is 1. The monoisotopic (exact) mass is 431 g/mol. The van der Waals surface area contributed by atoms with Crippen LogP contribution in [0.5, 0.6) is 11.5 Å². The molecule has 1 aliphatic rings. The van der Waals surface area contributed by atoms with Crippen LogP contribution in [0.2, 0.25) is 5.02 Å². The lowest BCUT2D eigenvalue weighted by atomic mass is 9.95. The Morgan fingerprint density at radius 3 is 2.43 bits per heavy atom. The third-order valence-corrected chi connectivity index (χ3v) is 5.24. The second-order valence-electron chi connectivity index (χ2n) is 6.78. The van der Waals surface area contributed by atoms with Gasteiger partial charge in [0.15, 0.2) is 0 Å². The molecule has 0 radical (unpaired) electrons. The highest BCUT2D eigenvalue weighted by Crippen LogP contribution is 2.41. The molecule has 1 atom stereocenters. The molecule has 1 aliphatic heterocycles. The minimum Gasteiger partial charge on any atom is -0.507 e. The number of rotatable bonds is 7. The quantitative estimate of drug-likeness (QED) is 0.301. The van der Waals surface area contributed by atoms with Gasteiger partial charge in [0.25, 0.3) is 11.7 Å². The summed E-state index contributed by atoms with van der Waals surface area (Å²) in [5.41, 5.74) is 0.842. The Labute approximate surface area is 179 Å². The largest absolute Gasteiger partial charge is 0.507 e. The molecule has 1 saturated heterocycles. The van der Waals surface area contributed by atoms with Crippen molar-refractivity contribution in [1.29, 1.82) is 0 Å². The number of Topliss-reactive ketones (excluding diaryl/α,β-unsaturated/α-hetero) is 1. The molecule has 0 aliphatic carbocycles. The zero-order valence-electron chi connectivity index (χ0n) is 16.6. The zero-order chi connectivity index (χ0) is 21.8. The van der Waals surface area contributed by atoms with E-state index in [0.29, 0.717) is 29.9 Å². The number of ketones is 1. The fraction of sp³-hybridized carbons (Fsp3) is 0.273. The lowest BCUT2D eigenvalue weighted by Crippen LogP contribution is -2.31. The van der Waals surface area contributed by atoms with Crippen molar-refractivity contribution in [3.8, 4) is 11.5 Å². The number of phenolic OH excluding ortho intramolecular Hbond substituents is 1. The van der Waals surface area contributed by atoms with Crippen molar-refractivity contribution in [3.63, 3.8) is 0 Å². The third-order valence-electron chi connectivity index (χ3n) is 4.94. The van der Waals surface area contributed by atoms with Crippen molar-refractivity contribution in [2.24, 2.45) is 0 Å². The van der Waals surface area contributed by atoms with Gasteiger partial charge in [-0.15, -0.1) is 0 Å². The molecule has 30 heavy (non-hydrogen) atoms. The first kappa shape index (κ1) is 21.7. The minimum absolute atomic E-state index is 0.0376. The highest BCUT2D eigenvalue weighted by molar-refractivity contribution is 6.46. The molecule has 0 saturated carbocycles. The number of aliphatic hydroxyl groups is 1. The van der Waals surface area contributed by atoms with Gasteiger partial charge in [-0.25, -0.2) is 0 Å². The lowest BCUT2D eigenvalue weighted by molar-refractivity contribution is -0.140. The summed E-state index contributed by atoms with van der Waals surface area (Å²) >= 11 is 6.07. The Balaban J connectivity index is 2.12. The van der Waals surface area contributed by atoms with E-state index in [0.717, 1.165) is 0 Å². The number of halogens is 1. The summed E-state index contributed by atoms with van der Waals surface area (Å²) in [6.45, 7) is 0.658. The molecule has 3 rings (SSSR count). The number of aromatic hydroxyl groups is 1. The van der Waals surface area contributed by atoms with Gasteiger partial charge < -0.3 is 24.6 Å². The van der Waals surface area contributed by atoms with Gasteiger partial charge in [0.1, 0.15) is 17.3 Å². The number of hydrogen-bond donors (Lipinski definition) is 2. The van der Waals surface area contributed by atoms with Crippen molar-refractivity contribution in [2.75, 3.05) is 27.4 Å². The first-order valence-electron chi connectivity index (χ1n) is 9.29. The van der Waals surface area contributed by atoms with Crippen LogP contribution in [0, 0.1) is 0 Å². The van der Waals surface area contributed by atoms with E-state index in [2.05, 4.69) is 0 Å². The second-order valence-corrected chi connectivity index (χ2v) is 7.19. The highest BCUT2D eigenvalue weighted by atomic mass is 35.5. The van der Waals surface area contributed by atoms with Gasteiger partial charge in [-0.1, -0.05) is 17.7 Å². The summed E-state index contributed by atoms with van der Waals surface area (Å²) in [4.78, 5) is 27.0. The Morgan fingerprint density at radius 2 is 1.83 bits per heavy atom. The fourth-order valence-electron chi connectivity index (χ4n) is 3.43. The molecule has 1 unspecified atom stereocenters. The molecule has 0 spiro atoms. The van der Waals surface area contributed by atoms with Crippen LogP contribution < -0.4 is 4.74 Å². The molecule has 1 fully saturated rings. The van der Waals surface area contributed by atoms with Crippen LogP contribution in [0.4, 0.5) is 0 Å². The number of nitrogens with zero attached hydrogens (tertiary/aromatic N) is 1. The van der Waals surface area contributed by atoms with Gasteiger partial charge in [0.05, 0.1) is 23.7 Å². The predicted molar refractivity (Wildman–Crippen MR) is 112 cm³/mol. The summed E-state index contributed by atoms with van der Waals surface area (Å²) in [6, 6.07) is 10.1. The van der Waals surface area contributed by atoms with E-state index in [1.807, 2.05) is 0 Å². The van der Waals surface area contributed by atoms with E-state index in [1.165, 1.54) is 24.1 Å². The van der Waals surface area contributed by atoms with Crippen LogP contribution in [0.3, 0.4) is 0 Å². The van der Waals surface area contributed by atoms with Crippen LogP contribution in [0.25, 0.3) is 5.76 Å². The van der Waals surface area contributed by atoms with Gasteiger partial charge in [-0.2, -0.15) is 0 Å². The number of amides is 1. The maximum atomic E-state index is 12.9. The van der Waals surface area contributed by atoms with Gasteiger partial charge >= 0.3 is 0 Å². The summed E-state index contributed by atoms with van der Waals surface area (Å²) in [6.07, 6.45) is 0.508. The van der Waals surface area contributed by atoms with Crippen LogP contribution in [-0.2, 0) is 14.3 Å². The number of hydrogen-bond acceptors (Lipinski definition) is 6. The summed E-state index contributed by atoms with van der Waals surface area (Å²) in [7, 11) is 3.07. The van der Waals surface area contributed by atoms with E-state index in [1.54, 1.807) is 37.4 Å². The molecule has 7 nitrogen and oxygen atoms in total. The van der Waals surface area contributed by atoms with E-state index < -0.39 is 17.7 Å². The highest BCUT2D eigenvalue weighted by Gasteiger charge is 2.45. The molecule has 0 aromatic heterocycles. The topological polar surface area (TPSA) is 96.3 Å². The average molecular weight is 432 g/mol. The molecule has 0 bridgehead atoms. The fourth-order valence-corrected chi connectivity index (χ4v) is 3.62. The van der Waals surface area contributed by atoms with Gasteiger partial charge in [-0.05, 0) is 48.4 Å². The Morgan fingerprint density at radius 1 is 1.13 bits per heavy atom. The number of likely N-dealkylation sites (tertiary alicyclic amines) is 1. The molecule has 1 amide bonds. The first-order valence-corrected chi connectivity index (χ1v) is 9.67. The van der Waals surface area contributed by atoms with E-state index >= 15 is 0 Å². The van der Waals surface area contributed by atoms with E-state index in [4.69, 9.17) is 21.1 Å². The van der Waals surface area contributed by atoms with Crippen LogP contribution in [0.1, 0.15) is 23.6 Å². The number of benzene rings is 2. The molecule has 2 aromatic carbocycles. The van der Waals surface area contributed by atoms with Gasteiger partial charge in [-0.3, -0.25) is 9.59 Å². The van der Waals surface area contributed by atoms with Crippen molar-refractivity contribution in [3.05, 3.63) is 64.2 Å². The second kappa shape index (κ2) is 9.19. The summed E-state index contributed by atoms with van der Waals surface area (Å²) < 4.78 is 10.2. The minimum atomic E-state index is -0.845. The van der Waals surface area contributed by atoms with Crippen LogP contribution in [0.15, 0.2) is 48.0 Å². The lowest BCUT2D eigenvalue weighted by Gasteiger charge is -2.25. The molecule has 2 aromatic rings. The van der Waals surface area contributed by atoms with Crippen molar-refractivity contribution < 1.29 is 29.3 Å². The molecular formula is C22H22ClNO6. The zero-order valence-corrected chi connectivity index (χ0v) is 17.3. The standard InChI is InChI=1S/C22H22ClNO6/c1-29-11-3-10-24-19(14-6-9-17(25)16(23)12-14)18(21(27)22(24)28)20(26)13-4-7-15(30-2)8-5-13/h4-9,12,19,25-26H,3,10-11H2,1-2H3/b20-18-. The predicted octanol–water partition coefficient (Wildman–Crippen LogP) is 3.51. The van der Waals surface area contributed by atoms with Gasteiger partial charge in [0, 0.05) is 25.8 Å². The Kier molecular flexibility index (Phi) is 6.64. The maximum Gasteiger partial charge on any atom is 0.295 e. The van der Waals surface area contributed by atoms with Crippen molar-refractivity contribution in [1.82, 2.24) is 4.90 Å². The van der Waals surface area contributed by atoms with E-state index in [-0.39, 0.29) is 28.6 Å². The third kappa shape index (κ3) is 4.13. The Hall–Kier alpha value is -3.03.